The van der Waals surface area contributed by atoms with Crippen molar-refractivity contribution in [2.75, 3.05) is 26.2 Å². The number of likely N-dealkylation sites (tertiary alicyclic amines) is 1. The van der Waals surface area contributed by atoms with E-state index in [1.54, 1.807) is 0 Å². The first-order chi connectivity index (χ1) is 9.19. The van der Waals surface area contributed by atoms with Gasteiger partial charge in [-0.1, -0.05) is 0 Å². The fraction of sp³-hybridized carbons (Fsp3) is 0.643. The molecule has 2 rings (SSSR count). The third kappa shape index (κ3) is 4.23. The van der Waals surface area contributed by atoms with Crippen molar-refractivity contribution in [1.82, 2.24) is 9.88 Å². The second-order valence-electron chi connectivity index (χ2n) is 5.17. The minimum atomic E-state index is -0.642. The van der Waals surface area contributed by atoms with Crippen molar-refractivity contribution in [2.45, 2.75) is 25.4 Å². The lowest BCUT2D eigenvalue weighted by Crippen LogP contribution is -2.35. The van der Waals surface area contributed by atoms with Crippen molar-refractivity contribution >= 4 is 0 Å². The first-order valence-corrected chi connectivity index (χ1v) is 6.81. The Balaban J connectivity index is 1.75. The topological polar surface area (TPSA) is 56.6 Å². The minimum absolute atomic E-state index is 0.274. The Bertz CT molecular complexity index is 378. The third-order valence-electron chi connectivity index (χ3n) is 3.78. The summed E-state index contributed by atoms with van der Waals surface area (Å²) in [6.45, 7) is 3.01. The van der Waals surface area contributed by atoms with Crippen molar-refractivity contribution in [3.8, 4) is 0 Å². The van der Waals surface area contributed by atoms with Crippen LogP contribution in [0.3, 0.4) is 0 Å². The lowest BCUT2D eigenvalue weighted by molar-refractivity contribution is 0.103. The van der Waals surface area contributed by atoms with E-state index in [-0.39, 0.29) is 12.4 Å². The van der Waals surface area contributed by atoms with E-state index < -0.39 is 6.10 Å². The van der Waals surface area contributed by atoms with Crippen LogP contribution in [0.1, 0.15) is 31.1 Å². The molecule has 0 bridgehead atoms. The molecular weight excluding hydrogens is 247 g/mol. The Morgan fingerprint density at radius 2 is 2.11 bits per heavy atom. The maximum Gasteiger partial charge on any atom is 0.141 e. The molecule has 1 aliphatic rings. The summed E-state index contributed by atoms with van der Waals surface area (Å²) in [5.74, 6) is 0.0435. The summed E-state index contributed by atoms with van der Waals surface area (Å²) in [5, 5.41) is 19.1. The Morgan fingerprint density at radius 1 is 1.37 bits per heavy atom. The van der Waals surface area contributed by atoms with Gasteiger partial charge in [0.2, 0.25) is 0 Å². The maximum atomic E-state index is 12.7. The summed E-state index contributed by atoms with van der Waals surface area (Å²) in [4.78, 5) is 6.18. The van der Waals surface area contributed by atoms with Gasteiger partial charge in [0.25, 0.3) is 0 Å². The van der Waals surface area contributed by atoms with E-state index in [1.807, 2.05) is 0 Å². The number of halogens is 1. The van der Waals surface area contributed by atoms with Crippen LogP contribution in [0.25, 0.3) is 0 Å². The molecule has 2 N–H and O–H groups in total. The number of rotatable bonds is 5. The highest BCUT2D eigenvalue weighted by molar-refractivity contribution is 5.07. The average Bonchev–Trinajstić information content (AvgIpc) is 2.46. The summed E-state index contributed by atoms with van der Waals surface area (Å²) in [5.41, 5.74) is 0.520. The van der Waals surface area contributed by atoms with Crippen LogP contribution in [0.4, 0.5) is 4.39 Å². The van der Waals surface area contributed by atoms with E-state index in [0.29, 0.717) is 18.0 Å². The lowest BCUT2D eigenvalue weighted by Gasteiger charge is -2.31. The van der Waals surface area contributed by atoms with E-state index in [4.69, 9.17) is 5.11 Å². The van der Waals surface area contributed by atoms with Crippen LogP contribution < -0.4 is 0 Å². The van der Waals surface area contributed by atoms with Gasteiger partial charge in [-0.25, -0.2) is 4.39 Å². The number of aliphatic hydroxyl groups excluding tert-OH is 2. The van der Waals surface area contributed by atoms with E-state index >= 15 is 0 Å². The largest absolute Gasteiger partial charge is 0.396 e. The van der Waals surface area contributed by atoms with Gasteiger partial charge < -0.3 is 15.1 Å². The fourth-order valence-electron chi connectivity index (χ4n) is 2.43. The zero-order valence-corrected chi connectivity index (χ0v) is 11.0. The highest BCUT2D eigenvalue weighted by Crippen LogP contribution is 2.19. The summed E-state index contributed by atoms with van der Waals surface area (Å²) >= 11 is 0. The molecule has 2 heterocycles. The number of hydrogen-bond acceptors (Lipinski definition) is 4. The van der Waals surface area contributed by atoms with Gasteiger partial charge in [0.15, 0.2) is 0 Å². The van der Waals surface area contributed by atoms with Crippen molar-refractivity contribution in [1.29, 1.82) is 0 Å². The highest BCUT2D eigenvalue weighted by atomic mass is 19.1. The second kappa shape index (κ2) is 6.93. The molecule has 0 spiro atoms. The summed E-state index contributed by atoms with van der Waals surface area (Å²) in [7, 11) is 0. The van der Waals surface area contributed by atoms with Crippen molar-refractivity contribution in [3.63, 3.8) is 0 Å². The van der Waals surface area contributed by atoms with Crippen LogP contribution in [0.15, 0.2) is 18.3 Å². The first kappa shape index (κ1) is 14.4. The molecule has 0 amide bonds. The number of hydrogen-bond donors (Lipinski definition) is 2. The number of nitrogens with zero attached hydrogens (tertiary/aromatic N) is 2. The molecule has 19 heavy (non-hydrogen) atoms. The smallest absolute Gasteiger partial charge is 0.141 e. The van der Waals surface area contributed by atoms with Crippen LogP contribution in [0.2, 0.25) is 0 Å². The maximum absolute atomic E-state index is 12.7. The molecule has 5 heteroatoms. The molecule has 1 atom stereocenters. The van der Waals surface area contributed by atoms with Gasteiger partial charge in [-0.05, 0) is 50.4 Å². The van der Waals surface area contributed by atoms with Crippen LogP contribution in [-0.2, 0) is 0 Å². The molecule has 1 fully saturated rings. The molecule has 1 aromatic heterocycles. The Kier molecular flexibility index (Phi) is 5.24. The molecule has 1 saturated heterocycles. The molecule has 4 nitrogen and oxygen atoms in total. The quantitative estimate of drug-likeness (QED) is 0.846. The predicted octanol–water partition coefficient (Wildman–Crippen LogP) is 1.35. The van der Waals surface area contributed by atoms with E-state index in [1.165, 1.54) is 12.1 Å². The molecule has 106 valence electrons. The number of aromatic nitrogens is 1. The molecule has 1 aromatic rings. The summed E-state index contributed by atoms with van der Waals surface area (Å²) < 4.78 is 12.7. The standard InChI is InChI=1S/C14H21FN2O2/c15-12-1-2-13(16-9-12)14(19)5-8-17-6-3-11(10-18)4-7-17/h1-2,9,11,14,18-19H,3-8,10H2. The van der Waals surface area contributed by atoms with Crippen LogP contribution in [0, 0.1) is 11.7 Å². The van der Waals surface area contributed by atoms with Gasteiger partial charge in [0.05, 0.1) is 18.0 Å². The van der Waals surface area contributed by atoms with Crippen LogP contribution in [-0.4, -0.2) is 46.3 Å². The molecule has 0 aliphatic carbocycles. The van der Waals surface area contributed by atoms with Gasteiger partial charge in [-0.3, -0.25) is 4.98 Å². The second-order valence-corrected chi connectivity index (χ2v) is 5.17. The molecule has 0 saturated carbocycles. The van der Waals surface area contributed by atoms with E-state index in [9.17, 15) is 9.50 Å². The van der Waals surface area contributed by atoms with Gasteiger partial charge in [0, 0.05) is 13.2 Å². The van der Waals surface area contributed by atoms with Gasteiger partial charge in [-0.2, -0.15) is 0 Å². The summed E-state index contributed by atoms with van der Waals surface area (Å²) in [6, 6.07) is 2.84. The molecule has 1 unspecified atom stereocenters. The average molecular weight is 268 g/mol. The Morgan fingerprint density at radius 3 is 2.68 bits per heavy atom. The van der Waals surface area contributed by atoms with Gasteiger partial charge >= 0.3 is 0 Å². The SMILES string of the molecule is OCC1CCN(CCC(O)c2ccc(F)cn2)CC1. The van der Waals surface area contributed by atoms with Crippen molar-refractivity contribution < 1.29 is 14.6 Å². The number of piperidine rings is 1. The monoisotopic (exact) mass is 268 g/mol. The Labute approximate surface area is 112 Å². The first-order valence-electron chi connectivity index (χ1n) is 6.81. The van der Waals surface area contributed by atoms with Crippen molar-refractivity contribution in [3.05, 3.63) is 29.8 Å². The zero-order chi connectivity index (χ0) is 13.7. The van der Waals surface area contributed by atoms with E-state index in [2.05, 4.69) is 9.88 Å². The fourth-order valence-corrected chi connectivity index (χ4v) is 2.43. The van der Waals surface area contributed by atoms with Crippen LogP contribution in [0.5, 0.6) is 0 Å². The molecule has 0 aromatic carbocycles. The predicted molar refractivity (Wildman–Crippen MR) is 70.0 cm³/mol. The zero-order valence-electron chi connectivity index (χ0n) is 11.0. The van der Waals surface area contributed by atoms with Crippen LogP contribution >= 0.6 is 0 Å². The highest BCUT2D eigenvalue weighted by Gasteiger charge is 2.19. The third-order valence-corrected chi connectivity index (χ3v) is 3.78. The molecule has 0 radical (unpaired) electrons. The Hall–Kier alpha value is -1.04. The lowest BCUT2D eigenvalue weighted by atomic mass is 9.97. The minimum Gasteiger partial charge on any atom is -0.396 e. The normalized spacial score (nSPS) is 19.5. The molecule has 1 aliphatic heterocycles. The number of aliphatic hydroxyl groups is 2. The summed E-state index contributed by atoms with van der Waals surface area (Å²) in [6.07, 6.45) is 3.12. The van der Waals surface area contributed by atoms with Gasteiger partial charge in [0.1, 0.15) is 5.82 Å². The van der Waals surface area contributed by atoms with Crippen molar-refractivity contribution in [2.24, 2.45) is 5.92 Å². The van der Waals surface area contributed by atoms with Gasteiger partial charge in [-0.15, -0.1) is 0 Å². The molecular formula is C14H21FN2O2. The number of pyridine rings is 1. The van der Waals surface area contributed by atoms with E-state index in [0.717, 1.165) is 38.7 Å².